The first-order valence-electron chi connectivity index (χ1n) is 7.54. The first-order chi connectivity index (χ1) is 10.9. The average Bonchev–Trinajstić information content (AvgIpc) is 3.05. The first-order valence-corrected chi connectivity index (χ1v) is 7.54. The van der Waals surface area contributed by atoms with Crippen LogP contribution in [0.15, 0.2) is 49.3 Å². The van der Waals surface area contributed by atoms with Gasteiger partial charge in [-0.25, -0.2) is 9.97 Å². The summed E-state index contributed by atoms with van der Waals surface area (Å²) in [6.07, 6.45) is 11.3. The highest BCUT2D eigenvalue weighted by Crippen LogP contribution is 2.19. The molecule has 1 aliphatic rings. The molecule has 1 aliphatic heterocycles. The summed E-state index contributed by atoms with van der Waals surface area (Å²) in [6, 6.07) is 4.17. The van der Waals surface area contributed by atoms with E-state index in [9.17, 15) is 0 Å². The molecule has 0 unspecified atom stereocenters. The number of pyridine rings is 1. The van der Waals surface area contributed by atoms with Crippen LogP contribution in [0, 0.1) is 0 Å². The Morgan fingerprint density at radius 2 is 1.59 bits per heavy atom. The molecular weight excluding hydrogens is 276 g/mol. The quantitative estimate of drug-likeness (QED) is 0.732. The minimum Gasteiger partial charge on any atom is -0.351 e. The highest BCUT2D eigenvalue weighted by Gasteiger charge is 2.20. The van der Waals surface area contributed by atoms with Crippen LogP contribution < -0.4 is 4.90 Å². The van der Waals surface area contributed by atoms with Gasteiger partial charge < -0.3 is 9.30 Å². The van der Waals surface area contributed by atoms with Gasteiger partial charge in [-0.1, -0.05) is 0 Å². The Balaban J connectivity index is 1.45. The van der Waals surface area contributed by atoms with Crippen molar-refractivity contribution in [2.45, 2.75) is 6.54 Å². The van der Waals surface area contributed by atoms with E-state index in [2.05, 4.69) is 36.9 Å². The lowest BCUT2D eigenvalue weighted by Crippen LogP contribution is -2.46. The molecule has 1 saturated heterocycles. The molecule has 0 spiro atoms. The van der Waals surface area contributed by atoms with Crippen molar-refractivity contribution in [3.63, 3.8) is 0 Å². The summed E-state index contributed by atoms with van der Waals surface area (Å²) in [5.74, 6) is 0.982. The minimum absolute atomic E-state index is 0.935. The fraction of sp³-hybridized carbons (Fsp3) is 0.312. The molecule has 0 saturated carbocycles. The largest absolute Gasteiger partial charge is 0.351 e. The van der Waals surface area contributed by atoms with Gasteiger partial charge in [-0.3, -0.25) is 9.88 Å². The van der Waals surface area contributed by atoms with E-state index < -0.39 is 0 Å². The Hall–Kier alpha value is -2.47. The highest BCUT2D eigenvalue weighted by atomic mass is 15.3. The predicted octanol–water partition coefficient (Wildman–Crippen LogP) is 1.45. The molecule has 6 heteroatoms. The maximum Gasteiger partial charge on any atom is 0.180 e. The molecule has 4 heterocycles. The van der Waals surface area contributed by atoms with Gasteiger partial charge in [0, 0.05) is 69.9 Å². The fourth-order valence-electron chi connectivity index (χ4n) is 2.93. The normalized spacial score (nSPS) is 16.3. The lowest BCUT2D eigenvalue weighted by molar-refractivity contribution is 0.249. The third-order valence-corrected chi connectivity index (χ3v) is 4.12. The molecule has 3 aromatic heterocycles. The maximum atomic E-state index is 4.53. The zero-order chi connectivity index (χ0) is 14.8. The SMILES string of the molecule is c1cc(CN2CCN(c3nccn4ccnc34)CC2)ccn1. The molecule has 112 valence electrons. The molecule has 0 radical (unpaired) electrons. The summed E-state index contributed by atoms with van der Waals surface area (Å²) in [5, 5.41) is 0. The lowest BCUT2D eigenvalue weighted by atomic mass is 10.2. The van der Waals surface area contributed by atoms with Crippen molar-refractivity contribution < 1.29 is 0 Å². The van der Waals surface area contributed by atoms with Gasteiger partial charge in [0.25, 0.3) is 0 Å². The fourth-order valence-corrected chi connectivity index (χ4v) is 2.93. The second kappa shape index (κ2) is 5.73. The van der Waals surface area contributed by atoms with Crippen molar-refractivity contribution in [2.24, 2.45) is 0 Å². The van der Waals surface area contributed by atoms with Crippen molar-refractivity contribution in [3.8, 4) is 0 Å². The first kappa shape index (κ1) is 13.2. The Morgan fingerprint density at radius 3 is 2.36 bits per heavy atom. The Morgan fingerprint density at radius 1 is 0.864 bits per heavy atom. The van der Waals surface area contributed by atoms with Crippen LogP contribution in [0.1, 0.15) is 5.56 Å². The van der Waals surface area contributed by atoms with Crippen molar-refractivity contribution in [1.29, 1.82) is 0 Å². The van der Waals surface area contributed by atoms with Gasteiger partial charge in [-0.05, 0) is 17.7 Å². The van der Waals surface area contributed by atoms with E-state index in [0.29, 0.717) is 0 Å². The highest BCUT2D eigenvalue weighted by molar-refractivity contribution is 5.64. The standard InChI is InChI=1S/C16H18N6/c1-3-17-4-2-14(1)13-20-9-11-22(12-10-20)16-15-18-5-7-21(15)8-6-19-16/h1-8H,9-13H2. The van der Waals surface area contributed by atoms with Gasteiger partial charge in [0.15, 0.2) is 11.5 Å². The molecule has 0 aliphatic carbocycles. The van der Waals surface area contributed by atoms with Crippen LogP contribution in [0.25, 0.3) is 5.65 Å². The van der Waals surface area contributed by atoms with Crippen molar-refractivity contribution in [1.82, 2.24) is 24.3 Å². The van der Waals surface area contributed by atoms with Gasteiger partial charge in [-0.2, -0.15) is 0 Å². The van der Waals surface area contributed by atoms with Gasteiger partial charge in [0.1, 0.15) is 0 Å². The summed E-state index contributed by atoms with van der Waals surface area (Å²) in [4.78, 5) is 17.8. The Labute approximate surface area is 129 Å². The van der Waals surface area contributed by atoms with E-state index >= 15 is 0 Å². The molecule has 1 fully saturated rings. The molecule has 0 atom stereocenters. The summed E-state index contributed by atoms with van der Waals surface area (Å²) in [5.41, 5.74) is 2.25. The number of fused-ring (bicyclic) bond motifs is 1. The van der Waals surface area contributed by atoms with Crippen LogP contribution in [0.2, 0.25) is 0 Å². The second-order valence-electron chi connectivity index (χ2n) is 5.53. The topological polar surface area (TPSA) is 49.6 Å². The van der Waals surface area contributed by atoms with Crippen molar-refractivity contribution in [3.05, 3.63) is 54.9 Å². The molecule has 3 aromatic rings. The van der Waals surface area contributed by atoms with E-state index in [-0.39, 0.29) is 0 Å². The third-order valence-electron chi connectivity index (χ3n) is 4.12. The molecule has 6 nitrogen and oxygen atoms in total. The predicted molar refractivity (Wildman–Crippen MR) is 84.7 cm³/mol. The zero-order valence-electron chi connectivity index (χ0n) is 12.3. The second-order valence-corrected chi connectivity index (χ2v) is 5.53. The monoisotopic (exact) mass is 294 g/mol. The van der Waals surface area contributed by atoms with E-state index in [1.165, 1.54) is 5.56 Å². The minimum atomic E-state index is 0.935. The molecule has 0 amide bonds. The van der Waals surface area contributed by atoms with Crippen molar-refractivity contribution in [2.75, 3.05) is 31.1 Å². The van der Waals surface area contributed by atoms with E-state index in [0.717, 1.165) is 44.2 Å². The number of rotatable bonds is 3. The van der Waals surface area contributed by atoms with Crippen LogP contribution in [-0.2, 0) is 6.54 Å². The number of nitrogens with zero attached hydrogens (tertiary/aromatic N) is 6. The van der Waals surface area contributed by atoms with Crippen LogP contribution in [0.3, 0.4) is 0 Å². The number of hydrogen-bond donors (Lipinski definition) is 0. The number of aromatic nitrogens is 4. The number of piperazine rings is 1. The van der Waals surface area contributed by atoms with E-state index in [1.54, 1.807) is 0 Å². The van der Waals surface area contributed by atoms with Gasteiger partial charge in [-0.15, -0.1) is 0 Å². The summed E-state index contributed by atoms with van der Waals surface area (Å²) >= 11 is 0. The molecule has 0 aromatic carbocycles. The average molecular weight is 294 g/mol. The third kappa shape index (κ3) is 2.53. The number of hydrogen-bond acceptors (Lipinski definition) is 5. The summed E-state index contributed by atoms with van der Waals surface area (Å²) < 4.78 is 2.02. The summed E-state index contributed by atoms with van der Waals surface area (Å²) in [7, 11) is 0. The van der Waals surface area contributed by atoms with Gasteiger partial charge in [0.2, 0.25) is 0 Å². The molecule has 4 rings (SSSR count). The van der Waals surface area contributed by atoms with Crippen molar-refractivity contribution >= 4 is 11.5 Å². The number of imidazole rings is 1. The maximum absolute atomic E-state index is 4.53. The van der Waals surface area contributed by atoms with Crippen LogP contribution in [0.5, 0.6) is 0 Å². The molecule has 0 N–H and O–H groups in total. The zero-order valence-corrected chi connectivity index (χ0v) is 12.3. The summed E-state index contributed by atoms with van der Waals surface area (Å²) in [6.45, 7) is 5.00. The van der Waals surface area contributed by atoms with Crippen LogP contribution in [-0.4, -0.2) is 50.4 Å². The van der Waals surface area contributed by atoms with Crippen LogP contribution in [0.4, 0.5) is 5.82 Å². The Kier molecular flexibility index (Phi) is 3.44. The van der Waals surface area contributed by atoms with E-state index in [1.807, 2.05) is 41.6 Å². The van der Waals surface area contributed by atoms with E-state index in [4.69, 9.17) is 0 Å². The smallest absolute Gasteiger partial charge is 0.180 e. The Bertz CT molecular complexity index is 745. The lowest BCUT2D eigenvalue weighted by Gasteiger charge is -2.35. The molecular formula is C16H18N6. The van der Waals surface area contributed by atoms with Gasteiger partial charge in [0.05, 0.1) is 0 Å². The molecule has 22 heavy (non-hydrogen) atoms. The van der Waals surface area contributed by atoms with Gasteiger partial charge >= 0.3 is 0 Å². The van der Waals surface area contributed by atoms with Crippen LogP contribution >= 0.6 is 0 Å². The molecule has 0 bridgehead atoms. The number of anilines is 1.